The second kappa shape index (κ2) is 5.30. The van der Waals surface area contributed by atoms with E-state index in [1.54, 1.807) is 4.90 Å². The molecule has 0 saturated carbocycles. The van der Waals surface area contributed by atoms with Crippen LogP contribution in [0.2, 0.25) is 0 Å². The summed E-state index contributed by atoms with van der Waals surface area (Å²) in [6.45, 7) is 5.09. The van der Waals surface area contributed by atoms with Crippen LogP contribution in [-0.2, 0) is 9.59 Å². The van der Waals surface area contributed by atoms with Crippen LogP contribution in [0.25, 0.3) is 0 Å². The number of rotatable bonds is 4. The second-order valence-electron chi connectivity index (χ2n) is 4.91. The van der Waals surface area contributed by atoms with E-state index in [0.29, 0.717) is 31.8 Å². The minimum atomic E-state index is -0.452. The van der Waals surface area contributed by atoms with Gasteiger partial charge in [-0.15, -0.1) is 0 Å². The molecule has 4 N–H and O–H groups in total. The summed E-state index contributed by atoms with van der Waals surface area (Å²) >= 11 is 0. The summed E-state index contributed by atoms with van der Waals surface area (Å²) in [4.78, 5) is 24.5. The first-order valence-electron chi connectivity index (χ1n) is 5.75. The minimum absolute atomic E-state index is 0.0579. The lowest BCUT2D eigenvalue weighted by atomic mass is 10.0. The molecule has 1 aliphatic rings. The summed E-state index contributed by atoms with van der Waals surface area (Å²) in [6.07, 6.45) is 1.34. The Balaban J connectivity index is 2.47. The predicted octanol–water partition coefficient (Wildman–Crippen LogP) is -0.306. The summed E-state index contributed by atoms with van der Waals surface area (Å²) in [5.41, 5.74) is 11.0. The highest BCUT2D eigenvalue weighted by Crippen LogP contribution is 2.17. The second-order valence-corrected chi connectivity index (χ2v) is 4.91. The Morgan fingerprint density at radius 3 is 2.50 bits per heavy atom. The van der Waals surface area contributed by atoms with E-state index in [2.05, 4.69) is 0 Å². The van der Waals surface area contributed by atoms with Crippen molar-refractivity contribution in [3.63, 3.8) is 0 Å². The molecule has 0 aromatic heterocycles. The van der Waals surface area contributed by atoms with E-state index in [1.165, 1.54) is 0 Å². The molecular formula is C11H21N3O2. The first-order chi connectivity index (χ1) is 7.41. The van der Waals surface area contributed by atoms with E-state index in [-0.39, 0.29) is 17.7 Å². The summed E-state index contributed by atoms with van der Waals surface area (Å²) in [7, 11) is 0. The fourth-order valence-corrected chi connectivity index (χ4v) is 2.04. The summed E-state index contributed by atoms with van der Waals surface area (Å²) in [5.74, 6) is -0.186. The van der Waals surface area contributed by atoms with Gasteiger partial charge in [0.2, 0.25) is 11.8 Å². The number of hydrogen-bond acceptors (Lipinski definition) is 3. The summed E-state index contributed by atoms with van der Waals surface area (Å²) in [5, 5.41) is 0. The molecule has 1 fully saturated rings. The van der Waals surface area contributed by atoms with Crippen molar-refractivity contribution in [3.05, 3.63) is 0 Å². The Hall–Kier alpha value is -1.10. The molecule has 2 amide bonds. The minimum Gasteiger partial charge on any atom is -0.369 e. The molecule has 0 aliphatic carbocycles. The lowest BCUT2D eigenvalue weighted by molar-refractivity contribution is -0.132. The third-order valence-electron chi connectivity index (χ3n) is 2.94. The fourth-order valence-electron chi connectivity index (χ4n) is 2.04. The Kier molecular flexibility index (Phi) is 4.29. The summed E-state index contributed by atoms with van der Waals surface area (Å²) in [6, 6.07) is -0.452. The van der Waals surface area contributed by atoms with E-state index >= 15 is 0 Å². The quantitative estimate of drug-likeness (QED) is 0.690. The molecule has 5 heteroatoms. The van der Waals surface area contributed by atoms with Crippen LogP contribution in [0.15, 0.2) is 0 Å². The highest BCUT2D eigenvalue weighted by molar-refractivity contribution is 5.84. The maximum absolute atomic E-state index is 11.9. The Morgan fingerprint density at radius 1 is 1.44 bits per heavy atom. The van der Waals surface area contributed by atoms with Gasteiger partial charge >= 0.3 is 0 Å². The van der Waals surface area contributed by atoms with Crippen LogP contribution in [0.3, 0.4) is 0 Å². The monoisotopic (exact) mass is 227 g/mol. The lowest BCUT2D eigenvalue weighted by Crippen LogP contribution is -2.43. The van der Waals surface area contributed by atoms with Gasteiger partial charge in [0.1, 0.15) is 0 Å². The molecule has 0 bridgehead atoms. The van der Waals surface area contributed by atoms with Crippen LogP contribution in [0, 0.1) is 11.8 Å². The maximum atomic E-state index is 11.9. The standard InChI is InChI=1S/C11H21N3O2/c1-7(2)5-9(12)11(16)14-4-3-8(6-14)10(13)15/h7-9H,3-6,12H2,1-2H3,(H2,13,15). The zero-order chi connectivity index (χ0) is 12.3. The average Bonchev–Trinajstić information content (AvgIpc) is 2.64. The molecule has 1 rings (SSSR count). The van der Waals surface area contributed by atoms with Gasteiger partial charge in [0, 0.05) is 13.1 Å². The van der Waals surface area contributed by atoms with Crippen molar-refractivity contribution in [3.8, 4) is 0 Å². The van der Waals surface area contributed by atoms with Crippen molar-refractivity contribution in [1.29, 1.82) is 0 Å². The molecule has 92 valence electrons. The van der Waals surface area contributed by atoms with Crippen LogP contribution in [0.1, 0.15) is 26.7 Å². The topological polar surface area (TPSA) is 89.4 Å². The van der Waals surface area contributed by atoms with Crippen molar-refractivity contribution in [1.82, 2.24) is 4.90 Å². The first kappa shape index (κ1) is 13.0. The number of hydrogen-bond donors (Lipinski definition) is 2. The molecular weight excluding hydrogens is 206 g/mol. The number of carbonyl (C=O) groups excluding carboxylic acids is 2. The van der Waals surface area contributed by atoms with Gasteiger partial charge in [-0.1, -0.05) is 13.8 Å². The van der Waals surface area contributed by atoms with Crippen LogP contribution in [0.5, 0.6) is 0 Å². The molecule has 2 atom stereocenters. The van der Waals surface area contributed by atoms with Crippen LogP contribution < -0.4 is 11.5 Å². The smallest absolute Gasteiger partial charge is 0.239 e. The molecule has 0 aromatic rings. The van der Waals surface area contributed by atoms with Crippen molar-refractivity contribution in [2.45, 2.75) is 32.7 Å². The first-order valence-corrected chi connectivity index (χ1v) is 5.75. The van der Waals surface area contributed by atoms with Gasteiger partial charge in [0.15, 0.2) is 0 Å². The van der Waals surface area contributed by atoms with Gasteiger partial charge in [-0.3, -0.25) is 9.59 Å². The van der Waals surface area contributed by atoms with Crippen molar-refractivity contribution in [2.75, 3.05) is 13.1 Å². The molecule has 5 nitrogen and oxygen atoms in total. The Labute approximate surface area is 96.1 Å². The molecule has 1 saturated heterocycles. The lowest BCUT2D eigenvalue weighted by Gasteiger charge is -2.21. The van der Waals surface area contributed by atoms with Crippen molar-refractivity contribution >= 4 is 11.8 Å². The SMILES string of the molecule is CC(C)CC(N)C(=O)N1CCC(C(N)=O)C1. The van der Waals surface area contributed by atoms with Crippen LogP contribution in [-0.4, -0.2) is 35.8 Å². The number of carbonyl (C=O) groups is 2. The molecule has 0 spiro atoms. The van der Waals surface area contributed by atoms with Crippen LogP contribution in [0.4, 0.5) is 0 Å². The van der Waals surface area contributed by atoms with Gasteiger partial charge < -0.3 is 16.4 Å². The molecule has 16 heavy (non-hydrogen) atoms. The number of primary amides is 1. The molecule has 1 heterocycles. The highest BCUT2D eigenvalue weighted by Gasteiger charge is 2.31. The third kappa shape index (κ3) is 3.20. The molecule has 0 radical (unpaired) electrons. The molecule has 1 aliphatic heterocycles. The van der Waals surface area contributed by atoms with Gasteiger partial charge in [0.25, 0.3) is 0 Å². The van der Waals surface area contributed by atoms with E-state index in [1.807, 2.05) is 13.8 Å². The maximum Gasteiger partial charge on any atom is 0.239 e. The predicted molar refractivity (Wildman–Crippen MR) is 61.3 cm³/mol. The van der Waals surface area contributed by atoms with E-state index < -0.39 is 6.04 Å². The van der Waals surface area contributed by atoms with E-state index in [4.69, 9.17) is 11.5 Å². The van der Waals surface area contributed by atoms with Crippen molar-refractivity contribution < 1.29 is 9.59 Å². The average molecular weight is 227 g/mol. The normalized spacial score (nSPS) is 22.5. The Bertz CT molecular complexity index is 278. The zero-order valence-electron chi connectivity index (χ0n) is 9.98. The third-order valence-corrected chi connectivity index (χ3v) is 2.94. The van der Waals surface area contributed by atoms with Gasteiger partial charge in [-0.25, -0.2) is 0 Å². The highest BCUT2D eigenvalue weighted by atomic mass is 16.2. The van der Waals surface area contributed by atoms with Gasteiger partial charge in [-0.05, 0) is 18.8 Å². The van der Waals surface area contributed by atoms with Gasteiger partial charge in [0.05, 0.1) is 12.0 Å². The largest absolute Gasteiger partial charge is 0.369 e. The zero-order valence-corrected chi connectivity index (χ0v) is 9.98. The fraction of sp³-hybridized carbons (Fsp3) is 0.818. The number of amides is 2. The number of likely N-dealkylation sites (tertiary alicyclic amines) is 1. The van der Waals surface area contributed by atoms with E-state index in [9.17, 15) is 9.59 Å². The Morgan fingerprint density at radius 2 is 2.06 bits per heavy atom. The van der Waals surface area contributed by atoms with Crippen molar-refractivity contribution in [2.24, 2.45) is 23.3 Å². The van der Waals surface area contributed by atoms with E-state index in [0.717, 1.165) is 0 Å². The number of nitrogens with two attached hydrogens (primary N) is 2. The van der Waals surface area contributed by atoms with Crippen LogP contribution >= 0.6 is 0 Å². The number of nitrogens with zero attached hydrogens (tertiary/aromatic N) is 1. The summed E-state index contributed by atoms with van der Waals surface area (Å²) < 4.78 is 0. The molecule has 0 aromatic carbocycles. The van der Waals surface area contributed by atoms with Gasteiger partial charge in [-0.2, -0.15) is 0 Å². The molecule has 2 unspecified atom stereocenters.